The molecule has 1 amide bonds. The number of benzene rings is 2. The fourth-order valence-corrected chi connectivity index (χ4v) is 4.11. The molecule has 26 heavy (non-hydrogen) atoms. The second kappa shape index (κ2) is 7.92. The highest BCUT2D eigenvalue weighted by molar-refractivity contribution is 5.80. The second-order valence-electron chi connectivity index (χ2n) is 7.30. The molecule has 4 heteroatoms. The van der Waals surface area contributed by atoms with Gasteiger partial charge in [0.1, 0.15) is 12.4 Å². The Bertz CT molecular complexity index is 719. The van der Waals surface area contributed by atoms with Crippen LogP contribution in [0.25, 0.3) is 0 Å². The van der Waals surface area contributed by atoms with Crippen molar-refractivity contribution in [3.63, 3.8) is 0 Å². The Kier molecular flexibility index (Phi) is 5.21. The number of ether oxygens (including phenoxy) is 1. The number of fused-ring (bicyclic) bond motifs is 4. The molecule has 2 aromatic rings. The molecule has 3 fully saturated rings. The molecule has 0 N–H and O–H groups in total. The lowest BCUT2D eigenvalue weighted by molar-refractivity contribution is -0.140. The normalized spacial score (nSPS) is 23.1. The third-order valence-corrected chi connectivity index (χ3v) is 5.48. The zero-order chi connectivity index (χ0) is 17.8. The summed E-state index contributed by atoms with van der Waals surface area (Å²) >= 11 is 0. The number of para-hydroxylation sites is 1. The summed E-state index contributed by atoms with van der Waals surface area (Å²) in [5.74, 6) is 1.37. The van der Waals surface area contributed by atoms with Crippen LogP contribution in [-0.2, 0) is 11.3 Å². The van der Waals surface area contributed by atoms with E-state index in [1.54, 1.807) is 0 Å². The molecule has 0 aliphatic carbocycles. The summed E-state index contributed by atoms with van der Waals surface area (Å²) in [7, 11) is 0. The third-order valence-electron chi connectivity index (χ3n) is 5.48. The topological polar surface area (TPSA) is 32.8 Å². The first-order valence-electron chi connectivity index (χ1n) is 9.54. The summed E-state index contributed by atoms with van der Waals surface area (Å²) in [6, 6.07) is 20.6. The van der Waals surface area contributed by atoms with Crippen LogP contribution >= 0.6 is 0 Å². The summed E-state index contributed by atoms with van der Waals surface area (Å²) in [4.78, 5) is 17.4. The molecule has 0 radical (unpaired) electrons. The molecular weight excluding hydrogens is 324 g/mol. The largest absolute Gasteiger partial charge is 0.492 e. The van der Waals surface area contributed by atoms with Gasteiger partial charge in [-0.15, -0.1) is 0 Å². The first-order chi connectivity index (χ1) is 12.8. The van der Waals surface area contributed by atoms with Crippen molar-refractivity contribution < 1.29 is 9.53 Å². The number of hydrogen-bond donors (Lipinski definition) is 0. The van der Waals surface area contributed by atoms with Gasteiger partial charge in [-0.1, -0.05) is 48.5 Å². The van der Waals surface area contributed by atoms with E-state index in [0.29, 0.717) is 18.6 Å². The zero-order valence-corrected chi connectivity index (χ0v) is 15.1. The highest BCUT2D eigenvalue weighted by Gasteiger charge is 2.40. The van der Waals surface area contributed by atoms with Crippen LogP contribution in [0.5, 0.6) is 5.75 Å². The van der Waals surface area contributed by atoms with Gasteiger partial charge in [0.2, 0.25) is 5.91 Å². The molecule has 5 rings (SSSR count). The van der Waals surface area contributed by atoms with Gasteiger partial charge in [-0.05, 0) is 30.5 Å². The van der Waals surface area contributed by atoms with E-state index in [4.69, 9.17) is 4.74 Å². The summed E-state index contributed by atoms with van der Waals surface area (Å²) in [5.41, 5.74) is 1.22. The van der Waals surface area contributed by atoms with Crippen molar-refractivity contribution in [2.45, 2.75) is 25.4 Å². The number of piperidine rings is 1. The van der Waals surface area contributed by atoms with E-state index in [1.807, 2.05) is 48.5 Å². The summed E-state index contributed by atoms with van der Waals surface area (Å²) < 4.78 is 5.85. The second-order valence-corrected chi connectivity index (χ2v) is 7.30. The van der Waals surface area contributed by atoms with Crippen molar-refractivity contribution in [2.24, 2.45) is 5.92 Å². The zero-order valence-electron chi connectivity index (χ0n) is 15.1. The molecule has 136 valence electrons. The number of rotatable bonds is 6. The first-order valence-corrected chi connectivity index (χ1v) is 9.54. The molecular formula is C22H26N2O2. The molecule has 0 spiro atoms. The Morgan fingerprint density at radius 2 is 1.65 bits per heavy atom. The molecule has 2 bridgehead atoms. The number of carbonyl (C=O) groups excluding carboxylic acids is 1. The summed E-state index contributed by atoms with van der Waals surface area (Å²) in [5, 5.41) is 0. The van der Waals surface area contributed by atoms with Gasteiger partial charge >= 0.3 is 0 Å². The molecule has 0 unspecified atom stereocenters. The predicted octanol–water partition coefficient (Wildman–Crippen LogP) is 3.19. The molecule has 2 atom stereocenters. The first kappa shape index (κ1) is 17.1. The molecule has 3 heterocycles. The molecule has 3 aliphatic heterocycles. The summed E-state index contributed by atoms with van der Waals surface area (Å²) in [6.07, 6.45) is 2.13. The van der Waals surface area contributed by atoms with E-state index in [9.17, 15) is 4.79 Å². The van der Waals surface area contributed by atoms with Crippen molar-refractivity contribution in [3.8, 4) is 5.75 Å². The number of nitrogens with zero attached hydrogens (tertiary/aromatic N) is 2. The number of amides is 1. The lowest BCUT2D eigenvalue weighted by Crippen LogP contribution is -2.47. The van der Waals surface area contributed by atoms with Crippen LogP contribution in [0, 0.1) is 5.92 Å². The summed E-state index contributed by atoms with van der Waals surface area (Å²) in [6.45, 7) is 4.08. The van der Waals surface area contributed by atoms with Gasteiger partial charge in [0.15, 0.2) is 0 Å². The van der Waals surface area contributed by atoms with Gasteiger partial charge in [-0.2, -0.15) is 0 Å². The van der Waals surface area contributed by atoms with Crippen molar-refractivity contribution in [3.05, 3.63) is 66.2 Å². The van der Waals surface area contributed by atoms with Gasteiger partial charge in [-0.25, -0.2) is 0 Å². The Labute approximate surface area is 155 Å². The van der Waals surface area contributed by atoms with Crippen LogP contribution in [-0.4, -0.2) is 48.0 Å². The fraction of sp³-hybridized carbons (Fsp3) is 0.409. The predicted molar refractivity (Wildman–Crippen MR) is 102 cm³/mol. The Morgan fingerprint density at radius 3 is 2.42 bits per heavy atom. The van der Waals surface area contributed by atoms with E-state index in [-0.39, 0.29) is 5.92 Å². The van der Waals surface area contributed by atoms with Gasteiger partial charge in [-0.3, -0.25) is 9.69 Å². The van der Waals surface area contributed by atoms with E-state index >= 15 is 0 Å². The van der Waals surface area contributed by atoms with E-state index < -0.39 is 0 Å². The standard InChI is InChI=1S/C22H26N2O2/c25-22-19-11-12-20(24(22)15-18-7-3-1-4-8-18)17-23(16-19)13-14-26-21-9-5-2-6-10-21/h1-10,19-20H,11-17H2/t19-,20+/m0/s1. The van der Waals surface area contributed by atoms with Crippen LogP contribution in [0.4, 0.5) is 0 Å². The van der Waals surface area contributed by atoms with E-state index in [0.717, 1.165) is 44.8 Å². The van der Waals surface area contributed by atoms with Gasteiger partial charge in [0.05, 0.1) is 5.92 Å². The average molecular weight is 350 g/mol. The van der Waals surface area contributed by atoms with Crippen molar-refractivity contribution in [1.82, 2.24) is 9.80 Å². The lowest BCUT2D eigenvalue weighted by atomic mass is 9.93. The molecule has 4 nitrogen and oxygen atoms in total. The number of carbonyl (C=O) groups is 1. The maximum atomic E-state index is 12.9. The minimum absolute atomic E-state index is 0.134. The minimum Gasteiger partial charge on any atom is -0.492 e. The van der Waals surface area contributed by atoms with Crippen LogP contribution in [0.15, 0.2) is 60.7 Å². The van der Waals surface area contributed by atoms with Crippen LogP contribution in [0.2, 0.25) is 0 Å². The van der Waals surface area contributed by atoms with Crippen molar-refractivity contribution >= 4 is 5.91 Å². The highest BCUT2D eigenvalue weighted by Crippen LogP contribution is 2.30. The third kappa shape index (κ3) is 3.91. The molecule has 2 aromatic carbocycles. The lowest BCUT2D eigenvalue weighted by Gasteiger charge is -2.36. The van der Waals surface area contributed by atoms with Gasteiger partial charge in [0, 0.05) is 32.2 Å². The Balaban J connectivity index is 1.37. The van der Waals surface area contributed by atoms with E-state index in [1.165, 1.54) is 5.56 Å². The molecule has 3 saturated heterocycles. The number of hydrogen-bond acceptors (Lipinski definition) is 3. The van der Waals surface area contributed by atoms with Crippen LogP contribution < -0.4 is 4.74 Å². The van der Waals surface area contributed by atoms with Crippen LogP contribution in [0.1, 0.15) is 18.4 Å². The Hall–Kier alpha value is -2.33. The smallest absolute Gasteiger partial charge is 0.227 e. The van der Waals surface area contributed by atoms with Crippen LogP contribution in [0.3, 0.4) is 0 Å². The average Bonchev–Trinajstić information content (AvgIpc) is 2.95. The molecule has 0 aromatic heterocycles. The van der Waals surface area contributed by atoms with Gasteiger partial charge < -0.3 is 9.64 Å². The highest BCUT2D eigenvalue weighted by atomic mass is 16.5. The SMILES string of the molecule is O=C1[C@H]2CC[C@H](CN(CCOc3ccccc3)C2)N1Cc1ccccc1. The maximum absolute atomic E-state index is 12.9. The monoisotopic (exact) mass is 350 g/mol. The van der Waals surface area contributed by atoms with E-state index in [2.05, 4.69) is 21.9 Å². The van der Waals surface area contributed by atoms with Crippen molar-refractivity contribution in [2.75, 3.05) is 26.2 Å². The Morgan fingerprint density at radius 1 is 0.923 bits per heavy atom. The minimum atomic E-state index is 0.134. The van der Waals surface area contributed by atoms with Crippen molar-refractivity contribution in [1.29, 1.82) is 0 Å². The fourth-order valence-electron chi connectivity index (χ4n) is 4.11. The molecule has 3 aliphatic rings. The maximum Gasteiger partial charge on any atom is 0.227 e. The molecule has 0 saturated carbocycles. The van der Waals surface area contributed by atoms with Gasteiger partial charge in [0.25, 0.3) is 0 Å². The quantitative estimate of drug-likeness (QED) is 0.802.